The Morgan fingerprint density at radius 2 is 2.05 bits per heavy atom. The number of hydrogen-bond acceptors (Lipinski definition) is 2. The first-order valence-electron chi connectivity index (χ1n) is 6.16. The maximum absolute atomic E-state index is 13.9. The molecule has 0 radical (unpaired) electrons. The monoisotopic (exact) mass is 288 g/mol. The summed E-state index contributed by atoms with van der Waals surface area (Å²) in [5, 5.41) is 0. The summed E-state index contributed by atoms with van der Waals surface area (Å²) in [6.45, 7) is 2.00. The number of benzene rings is 2. The summed E-state index contributed by atoms with van der Waals surface area (Å²) in [6.07, 6.45) is 0. The summed E-state index contributed by atoms with van der Waals surface area (Å²) in [6, 6.07) is 10.7. The highest BCUT2D eigenvalue weighted by molar-refractivity contribution is 7.71. The van der Waals surface area contributed by atoms with E-state index in [1.54, 1.807) is 12.1 Å². The van der Waals surface area contributed by atoms with Gasteiger partial charge in [0.25, 0.3) is 0 Å². The zero-order valence-electron chi connectivity index (χ0n) is 11.1. The number of aryl methyl sites for hydroxylation is 1. The molecule has 3 aromatic rings. The van der Waals surface area contributed by atoms with Gasteiger partial charge in [0.2, 0.25) is 0 Å². The molecule has 0 aliphatic heterocycles. The number of ether oxygens (including phenoxy) is 1. The van der Waals surface area contributed by atoms with Crippen molar-refractivity contribution in [3.05, 3.63) is 52.5 Å². The fourth-order valence-electron chi connectivity index (χ4n) is 2.37. The van der Waals surface area contributed by atoms with Gasteiger partial charge in [-0.2, -0.15) is 0 Å². The van der Waals surface area contributed by atoms with Gasteiger partial charge in [0, 0.05) is 6.07 Å². The first-order chi connectivity index (χ1) is 9.61. The zero-order chi connectivity index (χ0) is 14.3. The topological polar surface area (TPSA) is 29.9 Å². The van der Waals surface area contributed by atoms with Crippen molar-refractivity contribution < 1.29 is 9.13 Å². The van der Waals surface area contributed by atoms with Crippen LogP contribution in [-0.4, -0.2) is 16.7 Å². The van der Waals surface area contributed by atoms with E-state index in [0.717, 1.165) is 16.6 Å². The van der Waals surface area contributed by atoms with Gasteiger partial charge >= 0.3 is 0 Å². The van der Waals surface area contributed by atoms with Gasteiger partial charge < -0.3 is 9.72 Å². The lowest BCUT2D eigenvalue weighted by atomic mass is 10.2. The molecule has 0 amide bonds. The molecular formula is C15H13FN2OS. The SMILES string of the molecule is COc1ccc(-n2c(=S)[nH]c3cccc(C)c32)cc1F. The van der Waals surface area contributed by atoms with Gasteiger partial charge in [-0.15, -0.1) is 0 Å². The highest BCUT2D eigenvalue weighted by atomic mass is 32.1. The third-order valence-electron chi connectivity index (χ3n) is 3.30. The lowest BCUT2D eigenvalue weighted by molar-refractivity contribution is 0.386. The third-order valence-corrected chi connectivity index (χ3v) is 3.58. The van der Waals surface area contributed by atoms with Gasteiger partial charge in [0.05, 0.1) is 23.8 Å². The number of para-hydroxylation sites is 1. The second-order valence-corrected chi connectivity index (χ2v) is 4.94. The van der Waals surface area contributed by atoms with Gasteiger partial charge in [-0.05, 0) is 42.9 Å². The van der Waals surface area contributed by atoms with Crippen molar-refractivity contribution in [3.63, 3.8) is 0 Å². The molecule has 1 heterocycles. The zero-order valence-corrected chi connectivity index (χ0v) is 11.9. The van der Waals surface area contributed by atoms with Crippen molar-refractivity contribution in [1.29, 1.82) is 0 Å². The lowest BCUT2D eigenvalue weighted by Gasteiger charge is -2.08. The average molecular weight is 288 g/mol. The van der Waals surface area contributed by atoms with Gasteiger partial charge in [-0.1, -0.05) is 12.1 Å². The van der Waals surface area contributed by atoms with E-state index in [-0.39, 0.29) is 5.75 Å². The van der Waals surface area contributed by atoms with Crippen molar-refractivity contribution in [1.82, 2.24) is 9.55 Å². The number of rotatable bonds is 2. The summed E-state index contributed by atoms with van der Waals surface area (Å²) in [5.74, 6) is -0.188. The normalized spacial score (nSPS) is 10.9. The van der Waals surface area contributed by atoms with Crippen molar-refractivity contribution >= 4 is 23.3 Å². The van der Waals surface area contributed by atoms with Crippen LogP contribution in [0.1, 0.15) is 5.56 Å². The number of hydrogen-bond donors (Lipinski definition) is 1. The summed E-state index contributed by atoms with van der Waals surface area (Å²) >= 11 is 5.35. The molecule has 1 N–H and O–H groups in total. The number of fused-ring (bicyclic) bond motifs is 1. The number of H-pyrrole nitrogens is 1. The quantitative estimate of drug-likeness (QED) is 0.718. The second kappa shape index (κ2) is 4.76. The number of nitrogens with one attached hydrogen (secondary N) is 1. The number of imidazole rings is 1. The van der Waals surface area contributed by atoms with Crippen molar-refractivity contribution in [3.8, 4) is 11.4 Å². The molecule has 3 nitrogen and oxygen atoms in total. The molecule has 5 heteroatoms. The Morgan fingerprint density at radius 1 is 1.25 bits per heavy atom. The maximum Gasteiger partial charge on any atom is 0.182 e. The van der Waals surface area contributed by atoms with Crippen LogP contribution in [0.15, 0.2) is 36.4 Å². The number of aromatic nitrogens is 2. The predicted molar refractivity (Wildman–Crippen MR) is 79.7 cm³/mol. The van der Waals surface area contributed by atoms with Crippen LogP contribution in [0.2, 0.25) is 0 Å². The minimum absolute atomic E-state index is 0.219. The number of nitrogens with zero attached hydrogens (tertiary/aromatic N) is 1. The summed E-state index contributed by atoms with van der Waals surface area (Å²) < 4.78 is 21.2. The first-order valence-corrected chi connectivity index (χ1v) is 6.57. The molecule has 102 valence electrons. The standard InChI is InChI=1S/C15H13FN2OS/c1-9-4-3-5-12-14(9)18(15(20)17-12)10-6-7-13(19-2)11(16)8-10/h3-8H,1-2H3,(H,17,20). The van der Waals surface area contributed by atoms with Crippen LogP contribution in [-0.2, 0) is 0 Å². The van der Waals surface area contributed by atoms with Crippen LogP contribution < -0.4 is 4.74 Å². The van der Waals surface area contributed by atoms with E-state index < -0.39 is 5.82 Å². The molecule has 0 spiro atoms. The molecular weight excluding hydrogens is 275 g/mol. The average Bonchev–Trinajstić information content (AvgIpc) is 2.76. The molecule has 3 rings (SSSR count). The van der Waals surface area contributed by atoms with E-state index >= 15 is 0 Å². The Kier molecular flexibility index (Phi) is 3.06. The van der Waals surface area contributed by atoms with Crippen LogP contribution in [0.3, 0.4) is 0 Å². The van der Waals surface area contributed by atoms with E-state index in [9.17, 15) is 4.39 Å². The highest BCUT2D eigenvalue weighted by Crippen LogP contribution is 2.25. The molecule has 0 aliphatic rings. The van der Waals surface area contributed by atoms with Crippen molar-refractivity contribution in [2.24, 2.45) is 0 Å². The van der Waals surface area contributed by atoms with Crippen LogP contribution in [0.5, 0.6) is 5.75 Å². The van der Waals surface area contributed by atoms with Crippen molar-refractivity contribution in [2.45, 2.75) is 6.92 Å². The minimum atomic E-state index is -0.408. The Labute approximate surface area is 120 Å². The molecule has 0 bridgehead atoms. The van der Waals surface area contributed by atoms with Gasteiger partial charge in [-0.25, -0.2) is 4.39 Å². The molecule has 0 fully saturated rings. The van der Waals surface area contributed by atoms with Crippen LogP contribution in [0, 0.1) is 17.5 Å². The van der Waals surface area contributed by atoms with E-state index in [4.69, 9.17) is 17.0 Å². The minimum Gasteiger partial charge on any atom is -0.494 e. The third kappa shape index (κ3) is 1.91. The van der Waals surface area contributed by atoms with E-state index in [1.807, 2.05) is 29.7 Å². The van der Waals surface area contributed by atoms with E-state index in [0.29, 0.717) is 10.5 Å². The molecule has 1 aromatic heterocycles. The molecule has 0 aliphatic carbocycles. The Hall–Kier alpha value is -2.14. The molecule has 2 aromatic carbocycles. The summed E-state index contributed by atoms with van der Waals surface area (Å²) in [4.78, 5) is 3.14. The second-order valence-electron chi connectivity index (χ2n) is 4.56. The lowest BCUT2D eigenvalue weighted by Crippen LogP contribution is -1.97. The number of methoxy groups -OCH3 is 1. The Morgan fingerprint density at radius 3 is 2.75 bits per heavy atom. The highest BCUT2D eigenvalue weighted by Gasteiger charge is 2.11. The number of halogens is 1. The Balaban J connectivity index is 2.32. The van der Waals surface area contributed by atoms with Gasteiger partial charge in [0.1, 0.15) is 0 Å². The van der Waals surface area contributed by atoms with Crippen LogP contribution >= 0.6 is 12.2 Å². The molecule has 0 saturated heterocycles. The maximum atomic E-state index is 13.9. The largest absolute Gasteiger partial charge is 0.494 e. The van der Waals surface area contributed by atoms with Crippen LogP contribution in [0.4, 0.5) is 4.39 Å². The van der Waals surface area contributed by atoms with Crippen molar-refractivity contribution in [2.75, 3.05) is 7.11 Å². The van der Waals surface area contributed by atoms with E-state index in [2.05, 4.69) is 4.98 Å². The van der Waals surface area contributed by atoms with Crippen LogP contribution in [0.25, 0.3) is 16.7 Å². The Bertz CT molecular complexity index is 851. The molecule has 0 saturated carbocycles. The smallest absolute Gasteiger partial charge is 0.182 e. The van der Waals surface area contributed by atoms with Gasteiger partial charge in [-0.3, -0.25) is 4.57 Å². The first kappa shape index (κ1) is 12.9. The summed E-state index contributed by atoms with van der Waals surface area (Å²) in [5.41, 5.74) is 3.65. The summed E-state index contributed by atoms with van der Waals surface area (Å²) in [7, 11) is 1.44. The fraction of sp³-hybridized carbons (Fsp3) is 0.133. The predicted octanol–water partition coefficient (Wildman–Crippen LogP) is 4.14. The molecule has 0 unspecified atom stereocenters. The fourth-order valence-corrected chi connectivity index (χ4v) is 2.68. The van der Waals surface area contributed by atoms with Gasteiger partial charge in [0.15, 0.2) is 16.3 Å². The van der Waals surface area contributed by atoms with E-state index in [1.165, 1.54) is 13.2 Å². The number of aromatic amines is 1. The molecule has 20 heavy (non-hydrogen) atoms. The molecule has 0 atom stereocenters.